The van der Waals surface area contributed by atoms with E-state index in [0.29, 0.717) is 22.6 Å². The van der Waals surface area contributed by atoms with Crippen LogP contribution in [0.1, 0.15) is 46.9 Å². The minimum atomic E-state index is -0.952. The number of hydrogen-bond donors (Lipinski definition) is 1. The molecule has 1 unspecified atom stereocenters. The van der Waals surface area contributed by atoms with E-state index in [4.69, 9.17) is 9.47 Å². The van der Waals surface area contributed by atoms with Crippen LogP contribution >= 0.6 is 11.3 Å². The number of hydrogen-bond acceptors (Lipinski definition) is 8. The van der Waals surface area contributed by atoms with Gasteiger partial charge in [0.15, 0.2) is 5.13 Å². The molecule has 1 aliphatic rings. The fourth-order valence-electron chi connectivity index (χ4n) is 3.75. The van der Waals surface area contributed by atoms with Crippen LogP contribution in [0.4, 0.5) is 5.13 Å². The number of rotatable bonds is 6. The van der Waals surface area contributed by atoms with Gasteiger partial charge < -0.3 is 14.6 Å². The number of anilines is 1. The molecule has 1 aliphatic heterocycles. The van der Waals surface area contributed by atoms with Crippen molar-refractivity contribution in [1.29, 1.82) is 0 Å². The molecule has 4 rings (SSSR count). The molecule has 0 bridgehead atoms. The number of Topliss-reactive ketones (excluding diaryl/α,β-unsaturated/α-hetero) is 1. The Hall–Kier alpha value is -3.98. The van der Waals surface area contributed by atoms with E-state index in [9.17, 15) is 19.5 Å². The van der Waals surface area contributed by atoms with Crippen molar-refractivity contribution in [1.82, 2.24) is 4.98 Å². The van der Waals surface area contributed by atoms with E-state index in [0.717, 1.165) is 11.3 Å². The number of nitrogens with zero attached hydrogens (tertiary/aromatic N) is 2. The van der Waals surface area contributed by atoms with Crippen molar-refractivity contribution < 1.29 is 29.0 Å². The standard InChI is InChI=1S/C25H22N2O6S.CH4/c1-4-33-24(31)22-14(2)26-25(34-22)27-19(15-10-12-17(32-3)13-11-15)18(21(29)23(27)30)20(28)16-8-6-5-7-9-16;/h5-13,19,28H,4H2,1-3H3;1H4. The van der Waals surface area contributed by atoms with Crippen LogP contribution in [0.3, 0.4) is 0 Å². The lowest BCUT2D eigenvalue weighted by Crippen LogP contribution is -2.29. The third-order valence-corrected chi connectivity index (χ3v) is 6.51. The van der Waals surface area contributed by atoms with Crippen LogP contribution in [0.2, 0.25) is 0 Å². The summed E-state index contributed by atoms with van der Waals surface area (Å²) in [5, 5.41) is 11.3. The number of aliphatic hydroxyl groups is 1. The number of esters is 1. The zero-order valence-corrected chi connectivity index (χ0v) is 19.6. The van der Waals surface area contributed by atoms with Crippen molar-refractivity contribution >= 4 is 39.9 Å². The molecular weight excluding hydrogens is 468 g/mol. The van der Waals surface area contributed by atoms with Gasteiger partial charge in [-0.05, 0) is 31.5 Å². The summed E-state index contributed by atoms with van der Waals surface area (Å²) >= 11 is 0.965. The first-order valence-electron chi connectivity index (χ1n) is 10.5. The first kappa shape index (κ1) is 25.6. The Morgan fingerprint density at radius 2 is 1.77 bits per heavy atom. The topological polar surface area (TPSA) is 106 Å². The fourth-order valence-corrected chi connectivity index (χ4v) is 4.74. The Bertz CT molecular complexity index is 1280. The normalized spacial score (nSPS) is 16.7. The largest absolute Gasteiger partial charge is 0.507 e. The smallest absolute Gasteiger partial charge is 0.350 e. The maximum Gasteiger partial charge on any atom is 0.350 e. The number of benzene rings is 2. The molecule has 9 heteroatoms. The number of methoxy groups -OCH3 is 1. The number of ether oxygens (including phenoxy) is 2. The third-order valence-electron chi connectivity index (χ3n) is 5.38. The van der Waals surface area contributed by atoms with Gasteiger partial charge in [0.05, 0.1) is 31.0 Å². The summed E-state index contributed by atoms with van der Waals surface area (Å²) in [6, 6.07) is 14.4. The Kier molecular flexibility index (Phi) is 7.71. The SMILES string of the molecule is C.CCOC(=O)c1sc(N2C(=O)C(=O)C(=C(O)c3ccccc3)C2c2ccc(OC)cc2)nc1C. The van der Waals surface area contributed by atoms with Gasteiger partial charge in [-0.25, -0.2) is 9.78 Å². The highest BCUT2D eigenvalue weighted by molar-refractivity contribution is 7.17. The Morgan fingerprint density at radius 3 is 2.37 bits per heavy atom. The van der Waals surface area contributed by atoms with Gasteiger partial charge >= 0.3 is 11.9 Å². The summed E-state index contributed by atoms with van der Waals surface area (Å²) in [5.74, 6) is -1.93. The zero-order chi connectivity index (χ0) is 24.4. The molecule has 0 saturated carbocycles. The molecule has 8 nitrogen and oxygen atoms in total. The lowest BCUT2D eigenvalue weighted by molar-refractivity contribution is -0.132. The highest BCUT2D eigenvalue weighted by atomic mass is 32.1. The molecule has 35 heavy (non-hydrogen) atoms. The Morgan fingerprint density at radius 1 is 1.11 bits per heavy atom. The molecule has 182 valence electrons. The van der Waals surface area contributed by atoms with Crippen LogP contribution in [0.15, 0.2) is 60.2 Å². The van der Waals surface area contributed by atoms with Gasteiger partial charge in [-0.15, -0.1) is 0 Å². The predicted molar refractivity (Wildman–Crippen MR) is 134 cm³/mol. The van der Waals surface area contributed by atoms with Crippen molar-refractivity contribution in [3.05, 3.63) is 81.9 Å². The van der Waals surface area contributed by atoms with E-state index >= 15 is 0 Å². The van der Waals surface area contributed by atoms with Gasteiger partial charge in [-0.2, -0.15) is 0 Å². The van der Waals surface area contributed by atoms with Crippen LogP contribution in [-0.4, -0.2) is 41.5 Å². The summed E-state index contributed by atoms with van der Waals surface area (Å²) in [7, 11) is 1.53. The second-order valence-electron chi connectivity index (χ2n) is 7.44. The van der Waals surface area contributed by atoms with Crippen molar-refractivity contribution in [2.24, 2.45) is 0 Å². The molecule has 0 aliphatic carbocycles. The third kappa shape index (κ3) is 4.67. The molecule has 3 aromatic rings. The van der Waals surface area contributed by atoms with E-state index in [2.05, 4.69) is 4.98 Å². The molecule has 1 saturated heterocycles. The number of aromatic nitrogens is 1. The first-order chi connectivity index (χ1) is 16.4. The number of amides is 1. The van der Waals surface area contributed by atoms with Crippen LogP contribution in [0.25, 0.3) is 5.76 Å². The van der Waals surface area contributed by atoms with E-state index in [1.165, 1.54) is 12.0 Å². The average molecular weight is 495 g/mol. The minimum Gasteiger partial charge on any atom is -0.507 e. The number of carbonyl (C=O) groups is 3. The van der Waals surface area contributed by atoms with Gasteiger partial charge in [-0.1, -0.05) is 61.2 Å². The van der Waals surface area contributed by atoms with Crippen molar-refractivity contribution in [2.45, 2.75) is 27.3 Å². The molecule has 2 aromatic carbocycles. The maximum absolute atomic E-state index is 13.2. The van der Waals surface area contributed by atoms with Gasteiger partial charge in [-0.3, -0.25) is 14.5 Å². The van der Waals surface area contributed by atoms with Crippen LogP contribution in [-0.2, 0) is 14.3 Å². The van der Waals surface area contributed by atoms with Crippen LogP contribution < -0.4 is 9.64 Å². The van der Waals surface area contributed by atoms with Crippen LogP contribution in [0.5, 0.6) is 5.75 Å². The molecule has 1 atom stereocenters. The number of carbonyl (C=O) groups excluding carboxylic acids is 3. The summed E-state index contributed by atoms with van der Waals surface area (Å²) in [6.45, 7) is 3.52. The average Bonchev–Trinajstić information content (AvgIpc) is 3.36. The lowest BCUT2D eigenvalue weighted by atomic mass is 9.95. The summed E-state index contributed by atoms with van der Waals surface area (Å²) < 4.78 is 10.3. The molecule has 2 heterocycles. The van der Waals surface area contributed by atoms with Crippen molar-refractivity contribution in [3.8, 4) is 5.75 Å². The minimum absolute atomic E-state index is 0. The number of aryl methyl sites for hydroxylation is 1. The second-order valence-corrected chi connectivity index (χ2v) is 8.42. The van der Waals surface area contributed by atoms with Crippen LogP contribution in [0, 0.1) is 6.92 Å². The molecule has 0 radical (unpaired) electrons. The quantitative estimate of drug-likeness (QED) is 0.225. The monoisotopic (exact) mass is 494 g/mol. The number of aliphatic hydroxyl groups excluding tert-OH is 1. The summed E-state index contributed by atoms with van der Waals surface area (Å²) in [6.07, 6.45) is 0. The maximum atomic E-state index is 13.2. The first-order valence-corrected chi connectivity index (χ1v) is 11.3. The van der Waals surface area contributed by atoms with E-state index < -0.39 is 23.7 Å². The molecule has 1 N–H and O–H groups in total. The predicted octanol–water partition coefficient (Wildman–Crippen LogP) is 4.90. The summed E-state index contributed by atoms with van der Waals surface area (Å²) in [4.78, 5) is 44.6. The van der Waals surface area contributed by atoms with E-state index in [1.54, 1.807) is 68.4 Å². The van der Waals surface area contributed by atoms with E-state index in [-0.39, 0.29) is 35.4 Å². The van der Waals surface area contributed by atoms with Gasteiger partial charge in [0.25, 0.3) is 5.78 Å². The van der Waals surface area contributed by atoms with Crippen molar-refractivity contribution in [3.63, 3.8) is 0 Å². The highest BCUT2D eigenvalue weighted by Gasteiger charge is 2.48. The Balaban J connectivity index is 0.00000342. The Labute approximate surface area is 207 Å². The second kappa shape index (κ2) is 10.5. The molecule has 1 aromatic heterocycles. The number of thiazole rings is 1. The number of ketones is 1. The zero-order valence-electron chi connectivity index (χ0n) is 18.8. The molecule has 1 fully saturated rings. The van der Waals surface area contributed by atoms with Gasteiger partial charge in [0.2, 0.25) is 0 Å². The summed E-state index contributed by atoms with van der Waals surface area (Å²) in [5.41, 5.74) is 1.30. The fraction of sp³-hybridized carbons (Fsp3) is 0.231. The highest BCUT2D eigenvalue weighted by Crippen LogP contribution is 2.44. The lowest BCUT2D eigenvalue weighted by Gasteiger charge is -2.23. The molecular formula is C26H26N2O6S. The van der Waals surface area contributed by atoms with Gasteiger partial charge in [0.1, 0.15) is 16.4 Å². The molecule has 1 amide bonds. The van der Waals surface area contributed by atoms with E-state index in [1.807, 2.05) is 0 Å². The van der Waals surface area contributed by atoms with Crippen molar-refractivity contribution in [2.75, 3.05) is 18.6 Å². The molecule has 0 spiro atoms. The van der Waals surface area contributed by atoms with Gasteiger partial charge in [0, 0.05) is 5.56 Å².